The largest absolute Gasteiger partial charge is 0.366 e. The quantitative estimate of drug-likeness (QED) is 0.723. The lowest BCUT2D eigenvalue weighted by atomic mass is 10.0. The van der Waals surface area contributed by atoms with Crippen molar-refractivity contribution < 1.29 is 9.53 Å². The Morgan fingerprint density at radius 2 is 1.76 bits per heavy atom. The van der Waals surface area contributed by atoms with Crippen LogP contribution in [0.15, 0.2) is 46.9 Å². The molecule has 0 heterocycles. The lowest BCUT2D eigenvalue weighted by Crippen LogP contribution is -2.21. The molecule has 2 nitrogen and oxygen atoms in total. The Bertz CT molecular complexity index is 632. The van der Waals surface area contributed by atoms with Crippen molar-refractivity contribution in [2.75, 3.05) is 0 Å². The number of aryl methyl sites for hydroxylation is 2. The lowest BCUT2D eigenvalue weighted by molar-refractivity contribution is 0.0412. The Morgan fingerprint density at radius 3 is 2.38 bits per heavy atom. The molecule has 1 unspecified atom stereocenters. The van der Waals surface area contributed by atoms with Gasteiger partial charge in [0.25, 0.3) is 0 Å². The number of carbonyl (C=O) groups excluding carboxylic acids is 1. The monoisotopic (exact) mass is 346 g/mol. The number of ether oxygens (including phenoxy) is 1. The van der Waals surface area contributed by atoms with Crippen LogP contribution in [0.1, 0.15) is 34.0 Å². The van der Waals surface area contributed by atoms with Gasteiger partial charge in [-0.3, -0.25) is 4.79 Å². The molecule has 0 radical (unpaired) electrons. The van der Waals surface area contributed by atoms with E-state index in [1.54, 1.807) is 6.92 Å². The zero-order chi connectivity index (χ0) is 15.4. The summed E-state index contributed by atoms with van der Waals surface area (Å²) in [7, 11) is 0. The fourth-order valence-corrected chi connectivity index (χ4v) is 2.27. The summed E-state index contributed by atoms with van der Waals surface area (Å²) in [5.74, 6) is 0.0233. The smallest absolute Gasteiger partial charge is 0.191 e. The third-order valence-electron chi connectivity index (χ3n) is 3.57. The molecule has 0 aliphatic heterocycles. The zero-order valence-corrected chi connectivity index (χ0v) is 14.1. The normalized spacial score (nSPS) is 12.2. The van der Waals surface area contributed by atoms with Crippen LogP contribution in [0.2, 0.25) is 0 Å². The Kier molecular flexibility index (Phi) is 5.32. The third kappa shape index (κ3) is 4.26. The van der Waals surface area contributed by atoms with E-state index in [0.29, 0.717) is 12.2 Å². The maximum atomic E-state index is 12.4. The number of Topliss-reactive ketones (excluding diaryl/α,β-unsaturated/α-hetero) is 1. The first kappa shape index (κ1) is 15.9. The summed E-state index contributed by atoms with van der Waals surface area (Å²) >= 11 is 3.40. The first-order valence-electron chi connectivity index (χ1n) is 6.95. The molecule has 1 atom stereocenters. The fourth-order valence-electron chi connectivity index (χ4n) is 2.01. The summed E-state index contributed by atoms with van der Waals surface area (Å²) in [6.45, 7) is 6.29. The highest BCUT2D eigenvalue weighted by Gasteiger charge is 2.16. The Hall–Kier alpha value is -1.45. The molecule has 0 spiro atoms. The van der Waals surface area contributed by atoms with Gasteiger partial charge in [0.2, 0.25) is 0 Å². The minimum atomic E-state index is -0.448. The van der Waals surface area contributed by atoms with Gasteiger partial charge in [0.1, 0.15) is 6.10 Å². The highest BCUT2D eigenvalue weighted by molar-refractivity contribution is 9.10. The van der Waals surface area contributed by atoms with Gasteiger partial charge >= 0.3 is 0 Å². The minimum absolute atomic E-state index is 0.0233. The van der Waals surface area contributed by atoms with Crippen molar-refractivity contribution >= 4 is 21.7 Å². The van der Waals surface area contributed by atoms with E-state index in [1.165, 1.54) is 5.56 Å². The van der Waals surface area contributed by atoms with Gasteiger partial charge in [0.15, 0.2) is 5.78 Å². The molecule has 110 valence electrons. The van der Waals surface area contributed by atoms with Crippen LogP contribution < -0.4 is 0 Å². The van der Waals surface area contributed by atoms with Crippen LogP contribution in [-0.2, 0) is 11.3 Å². The van der Waals surface area contributed by atoms with Crippen molar-refractivity contribution in [2.24, 2.45) is 0 Å². The summed E-state index contributed by atoms with van der Waals surface area (Å²) in [5, 5.41) is 0. The fraction of sp³-hybridized carbons (Fsp3) is 0.278. The van der Waals surface area contributed by atoms with Gasteiger partial charge in [-0.05, 0) is 55.7 Å². The van der Waals surface area contributed by atoms with E-state index < -0.39 is 6.10 Å². The van der Waals surface area contributed by atoms with Gasteiger partial charge in [-0.25, -0.2) is 0 Å². The molecule has 0 fully saturated rings. The number of halogens is 1. The van der Waals surface area contributed by atoms with Crippen molar-refractivity contribution in [3.8, 4) is 0 Å². The molecule has 0 aliphatic carbocycles. The van der Waals surface area contributed by atoms with Gasteiger partial charge in [0, 0.05) is 10.0 Å². The molecule has 0 saturated heterocycles. The summed E-state index contributed by atoms with van der Waals surface area (Å²) in [6.07, 6.45) is -0.448. The van der Waals surface area contributed by atoms with Gasteiger partial charge in [-0.15, -0.1) is 0 Å². The van der Waals surface area contributed by atoms with E-state index in [-0.39, 0.29) is 5.78 Å². The molecule has 21 heavy (non-hydrogen) atoms. The maximum absolute atomic E-state index is 12.4. The summed E-state index contributed by atoms with van der Waals surface area (Å²) in [6, 6.07) is 13.7. The Labute approximate surface area is 134 Å². The number of hydrogen-bond donors (Lipinski definition) is 0. The average molecular weight is 347 g/mol. The van der Waals surface area contributed by atoms with Crippen LogP contribution in [0.25, 0.3) is 0 Å². The van der Waals surface area contributed by atoms with Crippen LogP contribution in [0.3, 0.4) is 0 Å². The van der Waals surface area contributed by atoms with Crippen molar-refractivity contribution in [1.82, 2.24) is 0 Å². The van der Waals surface area contributed by atoms with Gasteiger partial charge in [-0.1, -0.05) is 40.2 Å². The lowest BCUT2D eigenvalue weighted by Gasteiger charge is -2.13. The molecule has 2 aromatic rings. The van der Waals surface area contributed by atoms with Crippen LogP contribution in [0.5, 0.6) is 0 Å². The topological polar surface area (TPSA) is 26.3 Å². The number of rotatable bonds is 5. The number of ketones is 1. The van der Waals surface area contributed by atoms with Gasteiger partial charge in [-0.2, -0.15) is 0 Å². The number of carbonyl (C=O) groups is 1. The average Bonchev–Trinajstić information content (AvgIpc) is 2.48. The molecule has 0 amide bonds. The second-order valence-electron chi connectivity index (χ2n) is 5.24. The van der Waals surface area contributed by atoms with E-state index in [1.807, 2.05) is 56.3 Å². The predicted octanol–water partition coefficient (Wildman–Crippen LogP) is 4.85. The van der Waals surface area contributed by atoms with Gasteiger partial charge in [0.05, 0.1) is 6.61 Å². The first-order chi connectivity index (χ1) is 9.97. The molecule has 3 heteroatoms. The molecule has 0 aliphatic rings. The summed E-state index contributed by atoms with van der Waals surface area (Å²) in [4.78, 5) is 12.4. The van der Waals surface area contributed by atoms with Crippen LogP contribution in [0, 0.1) is 13.8 Å². The van der Waals surface area contributed by atoms with Crippen molar-refractivity contribution in [1.29, 1.82) is 0 Å². The molecule has 2 rings (SSSR count). The second kappa shape index (κ2) is 7.01. The highest BCUT2D eigenvalue weighted by atomic mass is 79.9. The molecule has 2 aromatic carbocycles. The van der Waals surface area contributed by atoms with Crippen molar-refractivity contribution in [2.45, 2.75) is 33.5 Å². The standard InChI is InChI=1S/C18H19BrO2/c1-12-4-7-16(10-13(12)2)18(20)14(3)21-11-15-5-8-17(19)9-6-15/h4-10,14H,11H2,1-3H3. The maximum Gasteiger partial charge on any atom is 0.191 e. The van der Waals surface area contributed by atoms with Crippen LogP contribution in [0.4, 0.5) is 0 Å². The Morgan fingerprint density at radius 1 is 1.10 bits per heavy atom. The summed E-state index contributed by atoms with van der Waals surface area (Å²) < 4.78 is 6.72. The van der Waals surface area contributed by atoms with Crippen molar-refractivity contribution in [3.05, 3.63) is 69.2 Å². The van der Waals surface area contributed by atoms with E-state index in [4.69, 9.17) is 4.74 Å². The van der Waals surface area contributed by atoms with E-state index >= 15 is 0 Å². The second-order valence-corrected chi connectivity index (χ2v) is 6.16. The third-order valence-corrected chi connectivity index (χ3v) is 4.10. The SMILES string of the molecule is Cc1ccc(C(=O)C(C)OCc2ccc(Br)cc2)cc1C. The highest BCUT2D eigenvalue weighted by Crippen LogP contribution is 2.15. The van der Waals surface area contributed by atoms with Crippen molar-refractivity contribution in [3.63, 3.8) is 0 Å². The van der Waals surface area contributed by atoms with Crippen LogP contribution >= 0.6 is 15.9 Å². The number of benzene rings is 2. The molecule has 0 aromatic heterocycles. The molecular formula is C18H19BrO2. The van der Waals surface area contributed by atoms with E-state index in [9.17, 15) is 4.79 Å². The summed E-state index contributed by atoms with van der Waals surface area (Å²) in [5.41, 5.74) is 4.08. The van der Waals surface area contributed by atoms with E-state index in [0.717, 1.165) is 15.6 Å². The molecule has 0 N–H and O–H groups in total. The first-order valence-corrected chi connectivity index (χ1v) is 7.74. The zero-order valence-electron chi connectivity index (χ0n) is 12.5. The Balaban J connectivity index is 1.99. The molecular weight excluding hydrogens is 328 g/mol. The van der Waals surface area contributed by atoms with Gasteiger partial charge < -0.3 is 4.74 Å². The van der Waals surface area contributed by atoms with Crippen LogP contribution in [-0.4, -0.2) is 11.9 Å². The predicted molar refractivity (Wildman–Crippen MR) is 88.6 cm³/mol. The number of hydrogen-bond acceptors (Lipinski definition) is 2. The molecule has 0 saturated carbocycles. The minimum Gasteiger partial charge on any atom is -0.366 e. The van der Waals surface area contributed by atoms with E-state index in [2.05, 4.69) is 15.9 Å². The molecule has 0 bridgehead atoms.